The smallest absolute Gasteiger partial charge is 0.255 e. The lowest BCUT2D eigenvalue weighted by Crippen LogP contribution is -2.52. The van der Waals surface area contributed by atoms with Crippen LogP contribution in [0.15, 0.2) is 29.2 Å². The predicted octanol–water partition coefficient (Wildman–Crippen LogP) is 1.84. The first-order chi connectivity index (χ1) is 11.7. The Balaban J connectivity index is 1.58. The van der Waals surface area contributed by atoms with Crippen molar-refractivity contribution in [2.75, 3.05) is 39.0 Å². The Morgan fingerprint density at radius 2 is 1.92 bits per heavy atom. The molecule has 6 heteroatoms. The summed E-state index contributed by atoms with van der Waals surface area (Å²) < 4.78 is 0. The quantitative estimate of drug-likeness (QED) is 0.848. The normalized spacial score (nSPS) is 22.8. The minimum atomic E-state index is 0.136. The Labute approximate surface area is 147 Å². The molecule has 24 heavy (non-hydrogen) atoms. The molecule has 1 aromatic rings. The third-order valence-corrected chi connectivity index (χ3v) is 5.76. The zero-order valence-electron chi connectivity index (χ0n) is 14.2. The molecule has 0 spiro atoms. The van der Waals surface area contributed by atoms with Crippen LogP contribution in [0.1, 0.15) is 29.6 Å². The Hall–Kier alpha value is -1.53. The van der Waals surface area contributed by atoms with Crippen LogP contribution in [-0.2, 0) is 4.79 Å². The lowest BCUT2D eigenvalue weighted by atomic mass is 10.1. The minimum absolute atomic E-state index is 0.136. The molecule has 1 atom stereocenters. The fourth-order valence-corrected chi connectivity index (χ4v) is 4.15. The van der Waals surface area contributed by atoms with Gasteiger partial charge in [-0.1, -0.05) is 12.1 Å². The summed E-state index contributed by atoms with van der Waals surface area (Å²) in [7, 11) is 0. The maximum absolute atomic E-state index is 12.8. The summed E-state index contributed by atoms with van der Waals surface area (Å²) in [5, 5.41) is 2.94. The van der Waals surface area contributed by atoms with E-state index in [1.807, 2.05) is 35.4 Å². The summed E-state index contributed by atoms with van der Waals surface area (Å²) in [6, 6.07) is 8.28. The molecule has 5 nitrogen and oxygen atoms in total. The third-order valence-electron chi connectivity index (χ3n) is 4.96. The van der Waals surface area contributed by atoms with Crippen molar-refractivity contribution in [1.29, 1.82) is 0 Å². The van der Waals surface area contributed by atoms with E-state index < -0.39 is 0 Å². The summed E-state index contributed by atoms with van der Waals surface area (Å²) in [6.07, 6.45) is 4.56. The summed E-state index contributed by atoms with van der Waals surface area (Å²) in [5.41, 5.74) is 0.808. The lowest BCUT2D eigenvalue weighted by Gasteiger charge is -2.39. The van der Waals surface area contributed by atoms with E-state index in [9.17, 15) is 9.59 Å². The second-order valence-electron chi connectivity index (χ2n) is 6.36. The van der Waals surface area contributed by atoms with Crippen LogP contribution in [-0.4, -0.2) is 66.6 Å². The fraction of sp³-hybridized carbons (Fsp3) is 0.556. The fourth-order valence-electron chi connectivity index (χ4n) is 3.56. The van der Waals surface area contributed by atoms with E-state index >= 15 is 0 Å². The van der Waals surface area contributed by atoms with Gasteiger partial charge in [0.25, 0.3) is 5.91 Å². The molecule has 0 bridgehead atoms. The van der Waals surface area contributed by atoms with E-state index in [1.54, 1.807) is 11.8 Å². The molecule has 2 saturated heterocycles. The number of carbonyl (C=O) groups excluding carboxylic acids is 2. The van der Waals surface area contributed by atoms with Gasteiger partial charge < -0.3 is 10.2 Å². The van der Waals surface area contributed by atoms with Gasteiger partial charge in [-0.05, 0) is 31.2 Å². The SMILES string of the molecule is CSc1ccccc1C(=O)N1CCN([C@H]2CCNC(=O)CC2)CC1. The zero-order chi connectivity index (χ0) is 16.9. The third kappa shape index (κ3) is 3.92. The molecule has 1 N–H and O–H groups in total. The maximum atomic E-state index is 12.8. The number of carbonyl (C=O) groups is 2. The van der Waals surface area contributed by atoms with Crippen molar-refractivity contribution >= 4 is 23.6 Å². The van der Waals surface area contributed by atoms with Crippen LogP contribution >= 0.6 is 11.8 Å². The Morgan fingerprint density at radius 3 is 2.67 bits per heavy atom. The molecule has 0 saturated carbocycles. The molecule has 3 rings (SSSR count). The van der Waals surface area contributed by atoms with Crippen LogP contribution in [0.5, 0.6) is 0 Å². The highest BCUT2D eigenvalue weighted by molar-refractivity contribution is 7.98. The van der Waals surface area contributed by atoms with Gasteiger partial charge in [0.15, 0.2) is 0 Å². The summed E-state index contributed by atoms with van der Waals surface area (Å²) >= 11 is 1.62. The number of rotatable bonds is 3. The molecule has 2 aliphatic rings. The van der Waals surface area contributed by atoms with Gasteiger partial charge in [0.2, 0.25) is 5.91 Å². The Kier molecular flexibility index (Phi) is 5.79. The van der Waals surface area contributed by atoms with Gasteiger partial charge in [-0.3, -0.25) is 14.5 Å². The van der Waals surface area contributed by atoms with Crippen LogP contribution in [0.4, 0.5) is 0 Å². The standard InChI is InChI=1S/C18H25N3O2S/c1-24-16-5-3-2-4-15(16)18(23)21-12-10-20(11-13-21)14-6-7-17(22)19-9-8-14/h2-5,14H,6-13H2,1H3,(H,19,22)/t14-/m1/s1. The number of nitrogens with one attached hydrogen (secondary N) is 1. The lowest BCUT2D eigenvalue weighted by molar-refractivity contribution is -0.120. The van der Waals surface area contributed by atoms with Crippen LogP contribution in [0.2, 0.25) is 0 Å². The average Bonchev–Trinajstić information content (AvgIpc) is 2.86. The highest BCUT2D eigenvalue weighted by Crippen LogP contribution is 2.23. The number of hydrogen-bond donors (Lipinski definition) is 1. The molecule has 2 fully saturated rings. The highest BCUT2D eigenvalue weighted by Gasteiger charge is 2.28. The molecule has 130 valence electrons. The first-order valence-corrected chi connectivity index (χ1v) is 9.84. The van der Waals surface area contributed by atoms with Gasteiger partial charge in [0.05, 0.1) is 5.56 Å². The highest BCUT2D eigenvalue weighted by atomic mass is 32.2. The molecule has 2 heterocycles. The minimum Gasteiger partial charge on any atom is -0.356 e. The largest absolute Gasteiger partial charge is 0.356 e. The monoisotopic (exact) mass is 347 g/mol. The maximum Gasteiger partial charge on any atom is 0.255 e. The number of nitrogens with zero attached hydrogens (tertiary/aromatic N) is 2. The van der Waals surface area contributed by atoms with E-state index in [1.165, 1.54) is 0 Å². The number of hydrogen-bond acceptors (Lipinski definition) is 4. The van der Waals surface area contributed by atoms with Crippen molar-refractivity contribution in [2.24, 2.45) is 0 Å². The molecule has 0 aromatic heterocycles. The van der Waals surface area contributed by atoms with E-state index in [-0.39, 0.29) is 11.8 Å². The molecular weight excluding hydrogens is 322 g/mol. The molecule has 0 radical (unpaired) electrons. The first-order valence-electron chi connectivity index (χ1n) is 8.62. The molecule has 0 aliphatic carbocycles. The van der Waals surface area contributed by atoms with E-state index in [2.05, 4.69) is 10.2 Å². The van der Waals surface area contributed by atoms with Crippen LogP contribution in [0.3, 0.4) is 0 Å². The topological polar surface area (TPSA) is 52.7 Å². The van der Waals surface area contributed by atoms with Gasteiger partial charge in [-0.2, -0.15) is 0 Å². The summed E-state index contributed by atoms with van der Waals surface area (Å²) in [5.74, 6) is 0.303. The van der Waals surface area contributed by atoms with Crippen LogP contribution in [0, 0.1) is 0 Å². The molecular formula is C18H25N3O2S. The number of benzene rings is 1. The molecule has 2 aliphatic heterocycles. The van der Waals surface area contributed by atoms with Gasteiger partial charge >= 0.3 is 0 Å². The molecule has 0 unspecified atom stereocenters. The van der Waals surface area contributed by atoms with E-state index in [0.29, 0.717) is 12.5 Å². The Bertz CT molecular complexity index is 600. The summed E-state index contributed by atoms with van der Waals surface area (Å²) in [6.45, 7) is 4.08. The van der Waals surface area contributed by atoms with Gasteiger partial charge in [0.1, 0.15) is 0 Å². The average molecular weight is 347 g/mol. The second kappa shape index (κ2) is 8.03. The van der Waals surface area contributed by atoms with Gasteiger partial charge in [-0.15, -0.1) is 11.8 Å². The van der Waals surface area contributed by atoms with Crippen molar-refractivity contribution in [3.05, 3.63) is 29.8 Å². The van der Waals surface area contributed by atoms with Crippen molar-refractivity contribution < 1.29 is 9.59 Å². The van der Waals surface area contributed by atoms with Crippen molar-refractivity contribution in [3.63, 3.8) is 0 Å². The van der Waals surface area contributed by atoms with Crippen LogP contribution in [0.25, 0.3) is 0 Å². The number of amides is 2. The van der Waals surface area contributed by atoms with Crippen molar-refractivity contribution in [2.45, 2.75) is 30.2 Å². The van der Waals surface area contributed by atoms with Gasteiger partial charge in [0, 0.05) is 50.1 Å². The Morgan fingerprint density at radius 1 is 1.17 bits per heavy atom. The van der Waals surface area contributed by atoms with E-state index in [4.69, 9.17) is 0 Å². The van der Waals surface area contributed by atoms with Crippen LogP contribution < -0.4 is 5.32 Å². The zero-order valence-corrected chi connectivity index (χ0v) is 15.0. The van der Waals surface area contributed by atoms with Crippen molar-refractivity contribution in [1.82, 2.24) is 15.1 Å². The molecule has 2 amide bonds. The van der Waals surface area contributed by atoms with E-state index in [0.717, 1.165) is 56.0 Å². The molecule has 1 aromatic carbocycles. The first kappa shape index (κ1) is 17.3. The van der Waals surface area contributed by atoms with Crippen molar-refractivity contribution in [3.8, 4) is 0 Å². The number of thioether (sulfide) groups is 1. The predicted molar refractivity (Wildman–Crippen MR) is 96.3 cm³/mol. The van der Waals surface area contributed by atoms with Gasteiger partial charge in [-0.25, -0.2) is 0 Å². The summed E-state index contributed by atoms with van der Waals surface area (Å²) in [4.78, 5) is 29.7. The second-order valence-corrected chi connectivity index (χ2v) is 7.21. The number of piperazine rings is 1.